The fourth-order valence-corrected chi connectivity index (χ4v) is 1.55. The Morgan fingerprint density at radius 3 is 3.18 bits per heavy atom. The van der Waals surface area contributed by atoms with Gasteiger partial charge in [0.05, 0.1) is 24.3 Å². The Bertz CT molecular complexity index is 465. The van der Waals surface area contributed by atoms with Crippen LogP contribution in [0.15, 0.2) is 29.3 Å². The summed E-state index contributed by atoms with van der Waals surface area (Å²) in [5.74, 6) is 0.694. The van der Waals surface area contributed by atoms with Crippen LogP contribution in [0.3, 0.4) is 0 Å². The zero-order valence-electron chi connectivity index (χ0n) is 9.30. The van der Waals surface area contributed by atoms with E-state index in [9.17, 15) is 0 Å². The van der Waals surface area contributed by atoms with Crippen molar-refractivity contribution in [3.8, 4) is 11.8 Å². The molecule has 1 heterocycles. The monoisotopic (exact) mass is 231 g/mol. The lowest BCUT2D eigenvalue weighted by atomic mass is 10.2. The van der Waals surface area contributed by atoms with Crippen LogP contribution in [0.2, 0.25) is 0 Å². The molecule has 1 aromatic carbocycles. The largest absolute Gasteiger partial charge is 0.493 e. The van der Waals surface area contributed by atoms with E-state index in [1.807, 2.05) is 6.07 Å². The lowest BCUT2D eigenvalue weighted by Gasteiger charge is -2.07. The molecule has 0 fully saturated rings. The van der Waals surface area contributed by atoms with Gasteiger partial charge in [-0.3, -0.25) is 0 Å². The Hall–Kier alpha value is -2.22. The molecule has 0 aliphatic carbocycles. The van der Waals surface area contributed by atoms with Crippen molar-refractivity contribution < 1.29 is 9.47 Å². The Morgan fingerprint density at radius 2 is 2.47 bits per heavy atom. The minimum absolute atomic E-state index is 0.0779. The fourth-order valence-electron chi connectivity index (χ4n) is 1.55. The summed E-state index contributed by atoms with van der Waals surface area (Å²) in [6, 6.07) is 9.46. The second kappa shape index (κ2) is 5.21. The highest BCUT2D eigenvalue weighted by Crippen LogP contribution is 2.14. The molecular formula is C12H13N3O2. The molecule has 0 saturated heterocycles. The summed E-state index contributed by atoms with van der Waals surface area (Å²) in [6.07, 6.45) is 0.748. The molecule has 5 heteroatoms. The Morgan fingerprint density at radius 1 is 1.59 bits per heavy atom. The Kier molecular flexibility index (Phi) is 3.46. The normalized spacial score (nSPS) is 18.1. The first kappa shape index (κ1) is 11.3. The highest BCUT2D eigenvalue weighted by molar-refractivity contribution is 5.72. The van der Waals surface area contributed by atoms with Crippen molar-refractivity contribution in [2.24, 2.45) is 10.7 Å². The molecule has 0 aromatic heterocycles. The summed E-state index contributed by atoms with van der Waals surface area (Å²) in [5.41, 5.74) is 5.99. The standard InChI is InChI=1S/C12H13N3O2/c13-7-9-2-1-3-11(6-9)16-5-4-10-8-17-12(14)15-10/h1-3,6,10H,4-5,8H2,(H2,14,15)/t10-/m0/s1. The minimum Gasteiger partial charge on any atom is -0.493 e. The number of nitriles is 1. The SMILES string of the molecule is N#Cc1cccc(OCC[C@H]2COC(N)=N2)c1. The van der Waals surface area contributed by atoms with Gasteiger partial charge in [-0.25, -0.2) is 4.99 Å². The summed E-state index contributed by atoms with van der Waals surface area (Å²) < 4.78 is 10.6. The smallest absolute Gasteiger partial charge is 0.282 e. The van der Waals surface area contributed by atoms with Crippen LogP contribution in [-0.2, 0) is 4.74 Å². The number of hydrogen-bond acceptors (Lipinski definition) is 5. The average molecular weight is 231 g/mol. The lowest BCUT2D eigenvalue weighted by Crippen LogP contribution is -2.12. The van der Waals surface area contributed by atoms with Crippen molar-refractivity contribution in [2.75, 3.05) is 13.2 Å². The summed E-state index contributed by atoms with van der Waals surface area (Å²) in [4.78, 5) is 4.09. The summed E-state index contributed by atoms with van der Waals surface area (Å²) in [5, 5.41) is 8.74. The number of aliphatic imine (C=N–C) groups is 1. The van der Waals surface area contributed by atoms with Gasteiger partial charge in [0.2, 0.25) is 0 Å². The van der Waals surface area contributed by atoms with Crippen LogP contribution in [0.5, 0.6) is 5.75 Å². The van der Waals surface area contributed by atoms with E-state index in [1.165, 1.54) is 0 Å². The number of ether oxygens (including phenoxy) is 2. The number of rotatable bonds is 4. The molecule has 0 saturated carbocycles. The van der Waals surface area contributed by atoms with E-state index in [2.05, 4.69) is 11.1 Å². The predicted molar refractivity (Wildman–Crippen MR) is 62.6 cm³/mol. The maximum Gasteiger partial charge on any atom is 0.282 e. The van der Waals surface area contributed by atoms with Gasteiger partial charge < -0.3 is 15.2 Å². The highest BCUT2D eigenvalue weighted by Gasteiger charge is 2.16. The minimum atomic E-state index is 0.0779. The predicted octanol–water partition coefficient (Wildman–Crippen LogP) is 1.04. The molecule has 0 amide bonds. The third-order valence-electron chi connectivity index (χ3n) is 2.42. The van der Waals surface area contributed by atoms with E-state index in [0.717, 1.165) is 6.42 Å². The third kappa shape index (κ3) is 3.11. The summed E-state index contributed by atoms with van der Waals surface area (Å²) in [6.45, 7) is 1.05. The molecule has 2 rings (SSSR count). The highest BCUT2D eigenvalue weighted by atomic mass is 16.5. The molecule has 1 atom stereocenters. The van der Waals surface area contributed by atoms with Crippen LogP contribution < -0.4 is 10.5 Å². The van der Waals surface area contributed by atoms with Gasteiger partial charge in [-0.15, -0.1) is 0 Å². The number of nitrogens with two attached hydrogens (primary N) is 1. The van der Waals surface area contributed by atoms with E-state index in [4.69, 9.17) is 20.5 Å². The van der Waals surface area contributed by atoms with Gasteiger partial charge in [-0.2, -0.15) is 5.26 Å². The van der Waals surface area contributed by atoms with E-state index < -0.39 is 0 Å². The zero-order valence-corrected chi connectivity index (χ0v) is 9.30. The van der Waals surface area contributed by atoms with Crippen LogP contribution in [0, 0.1) is 11.3 Å². The van der Waals surface area contributed by atoms with Crippen molar-refractivity contribution in [3.63, 3.8) is 0 Å². The van der Waals surface area contributed by atoms with Gasteiger partial charge >= 0.3 is 0 Å². The zero-order chi connectivity index (χ0) is 12.1. The van der Waals surface area contributed by atoms with Crippen LogP contribution in [0.1, 0.15) is 12.0 Å². The van der Waals surface area contributed by atoms with Gasteiger partial charge in [0.1, 0.15) is 12.4 Å². The average Bonchev–Trinajstić information content (AvgIpc) is 2.75. The first-order valence-electron chi connectivity index (χ1n) is 5.37. The molecule has 0 spiro atoms. The van der Waals surface area contributed by atoms with Crippen LogP contribution in [0.4, 0.5) is 0 Å². The number of benzene rings is 1. The maximum atomic E-state index is 8.74. The summed E-state index contributed by atoms with van der Waals surface area (Å²) in [7, 11) is 0. The summed E-state index contributed by atoms with van der Waals surface area (Å²) >= 11 is 0. The molecule has 0 radical (unpaired) electrons. The third-order valence-corrected chi connectivity index (χ3v) is 2.42. The first-order chi connectivity index (χ1) is 8.28. The van der Waals surface area contributed by atoms with Crippen LogP contribution in [0.25, 0.3) is 0 Å². The first-order valence-corrected chi connectivity index (χ1v) is 5.37. The quantitative estimate of drug-likeness (QED) is 0.839. The molecule has 2 N–H and O–H groups in total. The number of nitrogens with zero attached hydrogens (tertiary/aromatic N) is 2. The lowest BCUT2D eigenvalue weighted by molar-refractivity contribution is 0.263. The van der Waals surface area contributed by atoms with Crippen molar-refractivity contribution in [3.05, 3.63) is 29.8 Å². The van der Waals surface area contributed by atoms with Crippen molar-refractivity contribution in [2.45, 2.75) is 12.5 Å². The molecule has 5 nitrogen and oxygen atoms in total. The van der Waals surface area contributed by atoms with Crippen molar-refractivity contribution >= 4 is 6.02 Å². The Labute approximate surface area is 99.5 Å². The fraction of sp³-hybridized carbons (Fsp3) is 0.333. The topological polar surface area (TPSA) is 80.6 Å². The Balaban J connectivity index is 1.80. The maximum absolute atomic E-state index is 8.74. The molecule has 17 heavy (non-hydrogen) atoms. The van der Waals surface area contributed by atoms with Gasteiger partial charge in [0.15, 0.2) is 0 Å². The molecule has 1 aliphatic heterocycles. The number of amidine groups is 1. The van der Waals surface area contributed by atoms with E-state index in [1.54, 1.807) is 18.2 Å². The molecule has 0 bridgehead atoms. The molecule has 1 aliphatic rings. The van der Waals surface area contributed by atoms with E-state index in [-0.39, 0.29) is 12.1 Å². The van der Waals surface area contributed by atoms with Gasteiger partial charge in [0, 0.05) is 6.42 Å². The second-order valence-corrected chi connectivity index (χ2v) is 3.71. The van der Waals surface area contributed by atoms with Crippen molar-refractivity contribution in [1.29, 1.82) is 5.26 Å². The van der Waals surface area contributed by atoms with Gasteiger partial charge in [-0.1, -0.05) is 6.07 Å². The molecular weight excluding hydrogens is 218 g/mol. The second-order valence-electron chi connectivity index (χ2n) is 3.71. The number of hydrogen-bond donors (Lipinski definition) is 1. The molecule has 0 unspecified atom stereocenters. The molecule has 1 aromatic rings. The van der Waals surface area contributed by atoms with Gasteiger partial charge in [0.25, 0.3) is 6.02 Å². The van der Waals surface area contributed by atoms with Gasteiger partial charge in [-0.05, 0) is 18.2 Å². The van der Waals surface area contributed by atoms with Crippen LogP contribution in [-0.4, -0.2) is 25.3 Å². The van der Waals surface area contributed by atoms with E-state index in [0.29, 0.717) is 24.5 Å². The van der Waals surface area contributed by atoms with Crippen LogP contribution >= 0.6 is 0 Å². The molecule has 88 valence electrons. The van der Waals surface area contributed by atoms with E-state index >= 15 is 0 Å². The van der Waals surface area contributed by atoms with Crippen molar-refractivity contribution in [1.82, 2.24) is 0 Å².